The zero-order valence-electron chi connectivity index (χ0n) is 16.4. The molecule has 7 heteroatoms. The van der Waals surface area contributed by atoms with Crippen molar-refractivity contribution in [3.63, 3.8) is 0 Å². The predicted octanol–water partition coefficient (Wildman–Crippen LogP) is 5.05. The average Bonchev–Trinajstić information content (AvgIpc) is 3.24. The Morgan fingerprint density at radius 2 is 1.74 bits per heavy atom. The molecule has 0 aromatic heterocycles. The minimum absolute atomic E-state index is 0.218. The van der Waals surface area contributed by atoms with E-state index in [0.717, 1.165) is 17.4 Å². The quantitative estimate of drug-likeness (QED) is 0.508. The lowest BCUT2D eigenvalue weighted by atomic mass is 9.98. The second-order valence-corrected chi connectivity index (χ2v) is 7.48. The number of halogens is 2. The molecule has 0 N–H and O–H groups in total. The van der Waals surface area contributed by atoms with E-state index in [-0.39, 0.29) is 24.4 Å². The maximum Gasteiger partial charge on any atom is 0.281 e. The van der Waals surface area contributed by atoms with Crippen LogP contribution in [-0.2, 0) is 4.79 Å². The van der Waals surface area contributed by atoms with Crippen molar-refractivity contribution in [1.29, 1.82) is 0 Å². The molecule has 5 nitrogen and oxygen atoms in total. The van der Waals surface area contributed by atoms with Crippen LogP contribution in [-0.4, -0.2) is 29.5 Å². The van der Waals surface area contributed by atoms with Crippen LogP contribution in [0.25, 0.3) is 0 Å². The zero-order chi connectivity index (χ0) is 21.8. The summed E-state index contributed by atoms with van der Waals surface area (Å²) in [6, 6.07) is 19.4. The molecule has 3 aromatic carbocycles. The van der Waals surface area contributed by atoms with Crippen LogP contribution in [0.2, 0.25) is 5.02 Å². The number of hydrogen-bond donors (Lipinski definition) is 0. The standard InChI is InChI=1S/C24H18ClFN2O3/c25-19-7-3-18(4-8-19)23-13-22(17-5-9-20(26)10-6-17)27-28(23)24(30)15-31-21-11-1-16(14-29)2-12-21/h1-12,14,23H,13,15H2. The van der Waals surface area contributed by atoms with Gasteiger partial charge in [-0.3, -0.25) is 9.59 Å². The molecular weight excluding hydrogens is 419 g/mol. The monoisotopic (exact) mass is 436 g/mol. The number of hydrogen-bond acceptors (Lipinski definition) is 4. The molecular formula is C24H18ClFN2O3. The first kappa shape index (κ1) is 20.8. The van der Waals surface area contributed by atoms with E-state index in [4.69, 9.17) is 16.3 Å². The van der Waals surface area contributed by atoms with Gasteiger partial charge >= 0.3 is 0 Å². The van der Waals surface area contributed by atoms with E-state index < -0.39 is 0 Å². The fourth-order valence-electron chi connectivity index (χ4n) is 3.36. The van der Waals surface area contributed by atoms with Gasteiger partial charge in [-0.25, -0.2) is 9.40 Å². The van der Waals surface area contributed by atoms with Crippen molar-refractivity contribution in [1.82, 2.24) is 5.01 Å². The largest absolute Gasteiger partial charge is 0.484 e. The minimum Gasteiger partial charge on any atom is -0.484 e. The van der Waals surface area contributed by atoms with Crippen LogP contribution in [0.1, 0.15) is 33.9 Å². The fourth-order valence-corrected chi connectivity index (χ4v) is 3.48. The zero-order valence-corrected chi connectivity index (χ0v) is 17.1. The number of rotatable bonds is 6. The van der Waals surface area contributed by atoms with Crippen molar-refractivity contribution < 1.29 is 18.7 Å². The molecule has 0 saturated carbocycles. The van der Waals surface area contributed by atoms with Gasteiger partial charge in [0.25, 0.3) is 5.91 Å². The Morgan fingerprint density at radius 1 is 1.06 bits per heavy atom. The molecule has 1 atom stereocenters. The summed E-state index contributed by atoms with van der Waals surface area (Å²) in [6.45, 7) is -0.218. The summed E-state index contributed by atoms with van der Waals surface area (Å²) in [5, 5.41) is 6.53. The van der Waals surface area contributed by atoms with Gasteiger partial charge in [0.05, 0.1) is 11.8 Å². The van der Waals surface area contributed by atoms with E-state index in [1.54, 1.807) is 48.5 Å². The maximum absolute atomic E-state index is 13.3. The number of nitrogens with zero attached hydrogens (tertiary/aromatic N) is 2. The van der Waals surface area contributed by atoms with Crippen molar-refractivity contribution in [2.75, 3.05) is 6.61 Å². The number of carbonyl (C=O) groups excluding carboxylic acids is 2. The summed E-state index contributed by atoms with van der Waals surface area (Å²) in [6.07, 6.45) is 1.22. The second kappa shape index (κ2) is 9.10. The molecule has 0 spiro atoms. The van der Waals surface area contributed by atoms with Crippen molar-refractivity contribution in [3.05, 3.63) is 100 Å². The van der Waals surface area contributed by atoms with Crippen LogP contribution in [0.3, 0.4) is 0 Å². The van der Waals surface area contributed by atoms with Crippen LogP contribution in [0.5, 0.6) is 5.75 Å². The molecule has 31 heavy (non-hydrogen) atoms. The van der Waals surface area contributed by atoms with Crippen LogP contribution >= 0.6 is 11.6 Å². The van der Waals surface area contributed by atoms with Crippen molar-refractivity contribution in [2.24, 2.45) is 5.10 Å². The Kier molecular flexibility index (Phi) is 6.09. The van der Waals surface area contributed by atoms with Gasteiger partial charge in [0.15, 0.2) is 6.61 Å². The lowest BCUT2D eigenvalue weighted by molar-refractivity contribution is -0.135. The number of ether oxygens (including phenoxy) is 1. The molecule has 0 radical (unpaired) electrons. The Hall–Kier alpha value is -3.51. The van der Waals surface area contributed by atoms with Crippen LogP contribution < -0.4 is 4.74 Å². The van der Waals surface area contributed by atoms with Crippen molar-refractivity contribution in [2.45, 2.75) is 12.5 Å². The molecule has 1 amide bonds. The highest BCUT2D eigenvalue weighted by atomic mass is 35.5. The molecule has 4 rings (SSSR count). The van der Waals surface area contributed by atoms with Crippen LogP contribution in [0, 0.1) is 5.82 Å². The highest BCUT2D eigenvalue weighted by Crippen LogP contribution is 2.33. The van der Waals surface area contributed by atoms with E-state index in [2.05, 4.69) is 5.10 Å². The topological polar surface area (TPSA) is 59.0 Å². The summed E-state index contributed by atoms with van der Waals surface area (Å²) in [4.78, 5) is 23.7. The predicted molar refractivity (Wildman–Crippen MR) is 116 cm³/mol. The molecule has 156 valence electrons. The lowest BCUT2D eigenvalue weighted by Gasteiger charge is -2.22. The van der Waals surface area contributed by atoms with Crippen LogP contribution in [0.4, 0.5) is 4.39 Å². The van der Waals surface area contributed by atoms with Gasteiger partial charge in [0, 0.05) is 17.0 Å². The summed E-state index contributed by atoms with van der Waals surface area (Å²) in [7, 11) is 0. The Labute approximate surface area is 183 Å². The second-order valence-electron chi connectivity index (χ2n) is 7.04. The summed E-state index contributed by atoms with van der Waals surface area (Å²) < 4.78 is 18.9. The normalized spacial score (nSPS) is 15.5. The van der Waals surface area contributed by atoms with E-state index in [1.165, 1.54) is 17.1 Å². The number of hydrazone groups is 1. The molecule has 1 heterocycles. The molecule has 0 saturated heterocycles. The summed E-state index contributed by atoms with van der Waals surface area (Å²) in [5.41, 5.74) is 2.84. The van der Waals surface area contributed by atoms with Gasteiger partial charge in [0.2, 0.25) is 0 Å². The molecule has 1 aliphatic heterocycles. The maximum atomic E-state index is 13.3. The first-order chi connectivity index (χ1) is 15.0. The molecule has 0 aliphatic carbocycles. The third-order valence-corrected chi connectivity index (χ3v) is 5.23. The molecule has 0 bridgehead atoms. The first-order valence-electron chi connectivity index (χ1n) is 9.62. The van der Waals surface area contributed by atoms with E-state index >= 15 is 0 Å². The summed E-state index contributed by atoms with van der Waals surface area (Å²) >= 11 is 6.01. The molecule has 1 unspecified atom stereocenters. The van der Waals surface area contributed by atoms with Gasteiger partial charge in [-0.2, -0.15) is 5.10 Å². The third kappa shape index (κ3) is 4.81. The van der Waals surface area contributed by atoms with Crippen molar-refractivity contribution >= 4 is 29.5 Å². The minimum atomic E-state index is -0.335. The lowest BCUT2D eigenvalue weighted by Crippen LogP contribution is -2.31. The molecule has 3 aromatic rings. The highest BCUT2D eigenvalue weighted by molar-refractivity contribution is 6.30. The van der Waals surface area contributed by atoms with Gasteiger partial charge < -0.3 is 4.74 Å². The van der Waals surface area contributed by atoms with E-state index in [1.807, 2.05) is 12.1 Å². The van der Waals surface area contributed by atoms with Gasteiger partial charge in [-0.05, 0) is 59.7 Å². The number of aldehydes is 1. The van der Waals surface area contributed by atoms with Crippen LogP contribution in [0.15, 0.2) is 77.9 Å². The number of benzene rings is 3. The Bertz CT molecular complexity index is 1110. The van der Waals surface area contributed by atoms with Gasteiger partial charge in [-0.1, -0.05) is 35.9 Å². The number of carbonyl (C=O) groups is 2. The fraction of sp³-hybridized carbons (Fsp3) is 0.125. The van der Waals surface area contributed by atoms with E-state index in [0.29, 0.717) is 28.5 Å². The first-order valence-corrected chi connectivity index (χ1v) is 10.0. The molecule has 1 aliphatic rings. The Morgan fingerprint density at radius 3 is 2.39 bits per heavy atom. The summed E-state index contributed by atoms with van der Waals surface area (Å²) in [5.74, 6) is -0.181. The SMILES string of the molecule is O=Cc1ccc(OCC(=O)N2N=C(c3ccc(F)cc3)CC2c2ccc(Cl)cc2)cc1. The smallest absolute Gasteiger partial charge is 0.281 e. The van der Waals surface area contributed by atoms with Gasteiger partial charge in [-0.15, -0.1) is 0 Å². The third-order valence-electron chi connectivity index (χ3n) is 4.98. The Balaban J connectivity index is 1.56. The van der Waals surface area contributed by atoms with Crippen molar-refractivity contribution in [3.8, 4) is 5.75 Å². The van der Waals surface area contributed by atoms with Gasteiger partial charge in [0.1, 0.15) is 17.9 Å². The van der Waals surface area contributed by atoms with E-state index in [9.17, 15) is 14.0 Å². The highest BCUT2D eigenvalue weighted by Gasteiger charge is 2.33. The average molecular weight is 437 g/mol. The number of amides is 1. The molecule has 0 fully saturated rings.